The number of nitriles is 1. The lowest BCUT2D eigenvalue weighted by atomic mass is 10.1. The van der Waals surface area contributed by atoms with Gasteiger partial charge >= 0.3 is 0 Å². The third-order valence-corrected chi connectivity index (χ3v) is 3.85. The van der Waals surface area contributed by atoms with E-state index in [0.717, 1.165) is 12.0 Å². The Morgan fingerprint density at radius 2 is 1.89 bits per heavy atom. The van der Waals surface area contributed by atoms with Gasteiger partial charge in [-0.15, -0.1) is 24.0 Å². The summed E-state index contributed by atoms with van der Waals surface area (Å²) in [5.74, 6) is 0.515. The van der Waals surface area contributed by atoms with E-state index >= 15 is 0 Å². The van der Waals surface area contributed by atoms with Gasteiger partial charge in [0.1, 0.15) is 6.10 Å². The molecular weight excluding hydrogens is 458 g/mol. The largest absolute Gasteiger partial charge is 0.486 e. The first kappa shape index (κ1) is 22.7. The summed E-state index contributed by atoms with van der Waals surface area (Å²) in [6.07, 6.45) is 0.550. The van der Waals surface area contributed by atoms with Crippen LogP contribution in [0.4, 0.5) is 4.39 Å². The van der Waals surface area contributed by atoms with Crippen molar-refractivity contribution >= 4 is 29.9 Å². The van der Waals surface area contributed by atoms with Crippen molar-refractivity contribution in [2.24, 2.45) is 4.99 Å². The topological polar surface area (TPSA) is 69.4 Å². The molecule has 0 amide bonds. The molecule has 0 aromatic heterocycles. The third-order valence-electron chi connectivity index (χ3n) is 3.85. The number of para-hydroxylation sites is 1. The van der Waals surface area contributed by atoms with Gasteiger partial charge in [-0.1, -0.05) is 31.2 Å². The van der Waals surface area contributed by atoms with Crippen molar-refractivity contribution in [3.63, 3.8) is 0 Å². The van der Waals surface area contributed by atoms with Crippen LogP contribution in [0.1, 0.15) is 24.5 Å². The molecule has 0 fully saturated rings. The predicted molar refractivity (Wildman–Crippen MR) is 116 cm³/mol. The van der Waals surface area contributed by atoms with Gasteiger partial charge in [-0.3, -0.25) is 4.99 Å². The van der Waals surface area contributed by atoms with E-state index in [9.17, 15) is 4.39 Å². The number of ether oxygens (including phenoxy) is 1. The molecule has 0 bridgehead atoms. The summed E-state index contributed by atoms with van der Waals surface area (Å²) < 4.78 is 19.4. The second kappa shape index (κ2) is 12.1. The highest BCUT2D eigenvalue weighted by molar-refractivity contribution is 14.0. The minimum absolute atomic E-state index is 0. The molecule has 2 aromatic rings. The zero-order chi connectivity index (χ0) is 18.8. The smallest absolute Gasteiger partial charge is 0.191 e. The highest BCUT2D eigenvalue weighted by Crippen LogP contribution is 2.17. The SMILES string of the molecule is CCC(CNC(=NC)NCc1ccc(C#N)cc1)Oc1ccccc1F.I. The van der Waals surface area contributed by atoms with Crippen LogP contribution in [-0.2, 0) is 6.54 Å². The number of nitrogens with one attached hydrogen (secondary N) is 2. The summed E-state index contributed by atoms with van der Waals surface area (Å²) in [4.78, 5) is 4.18. The van der Waals surface area contributed by atoms with E-state index in [1.54, 1.807) is 37.4 Å². The molecule has 27 heavy (non-hydrogen) atoms. The number of guanidine groups is 1. The zero-order valence-electron chi connectivity index (χ0n) is 15.4. The van der Waals surface area contributed by atoms with Crippen molar-refractivity contribution in [3.05, 3.63) is 65.5 Å². The minimum Gasteiger partial charge on any atom is -0.486 e. The van der Waals surface area contributed by atoms with Crippen molar-refractivity contribution < 1.29 is 9.13 Å². The Kier molecular flexibility index (Phi) is 10.2. The van der Waals surface area contributed by atoms with Crippen LogP contribution in [0.3, 0.4) is 0 Å². The van der Waals surface area contributed by atoms with Crippen molar-refractivity contribution in [3.8, 4) is 11.8 Å². The van der Waals surface area contributed by atoms with Crippen LogP contribution in [-0.4, -0.2) is 25.7 Å². The maximum Gasteiger partial charge on any atom is 0.191 e. The molecule has 0 aliphatic carbocycles. The molecule has 5 nitrogen and oxygen atoms in total. The first-order valence-electron chi connectivity index (χ1n) is 8.51. The monoisotopic (exact) mass is 482 g/mol. The average Bonchev–Trinajstić information content (AvgIpc) is 2.69. The lowest BCUT2D eigenvalue weighted by Gasteiger charge is -2.20. The summed E-state index contributed by atoms with van der Waals surface area (Å²) in [6.45, 7) is 3.06. The van der Waals surface area contributed by atoms with Gasteiger partial charge in [-0.05, 0) is 36.2 Å². The van der Waals surface area contributed by atoms with Gasteiger partial charge in [0.05, 0.1) is 18.2 Å². The summed E-state index contributed by atoms with van der Waals surface area (Å²) in [5.41, 5.74) is 1.67. The first-order valence-corrected chi connectivity index (χ1v) is 8.51. The lowest BCUT2D eigenvalue weighted by Crippen LogP contribution is -2.42. The molecule has 144 valence electrons. The van der Waals surface area contributed by atoms with E-state index in [0.29, 0.717) is 24.6 Å². The average molecular weight is 482 g/mol. The molecule has 0 radical (unpaired) electrons. The molecule has 2 N–H and O–H groups in total. The van der Waals surface area contributed by atoms with Gasteiger partial charge in [-0.25, -0.2) is 4.39 Å². The van der Waals surface area contributed by atoms with E-state index in [1.165, 1.54) is 6.07 Å². The normalized spacial score (nSPS) is 11.7. The maximum absolute atomic E-state index is 13.7. The predicted octanol–water partition coefficient (Wildman–Crippen LogP) is 3.84. The molecule has 0 heterocycles. The molecule has 1 unspecified atom stereocenters. The molecule has 0 saturated heterocycles. The van der Waals surface area contributed by atoms with Crippen LogP contribution in [0, 0.1) is 17.1 Å². The molecule has 0 spiro atoms. The van der Waals surface area contributed by atoms with Crippen LogP contribution in [0.5, 0.6) is 5.75 Å². The van der Waals surface area contributed by atoms with Gasteiger partial charge in [0.15, 0.2) is 17.5 Å². The number of benzene rings is 2. The van der Waals surface area contributed by atoms with Gasteiger partial charge in [0, 0.05) is 13.6 Å². The Bertz CT molecular complexity index is 774. The number of halogens is 2. The van der Waals surface area contributed by atoms with E-state index in [-0.39, 0.29) is 41.6 Å². The third kappa shape index (κ3) is 7.43. The number of rotatable bonds is 7. The zero-order valence-corrected chi connectivity index (χ0v) is 17.7. The summed E-state index contributed by atoms with van der Waals surface area (Å²) in [5, 5.41) is 15.2. The number of nitrogens with zero attached hydrogens (tertiary/aromatic N) is 2. The molecule has 1 atom stereocenters. The fourth-order valence-electron chi connectivity index (χ4n) is 2.30. The molecular formula is C20H24FIN4O. The van der Waals surface area contributed by atoms with Gasteiger partial charge in [-0.2, -0.15) is 5.26 Å². The molecule has 0 aliphatic rings. The van der Waals surface area contributed by atoms with Crippen LogP contribution in [0.2, 0.25) is 0 Å². The van der Waals surface area contributed by atoms with E-state index in [1.807, 2.05) is 19.1 Å². The van der Waals surface area contributed by atoms with Crippen molar-refractivity contribution in [2.45, 2.75) is 26.0 Å². The highest BCUT2D eigenvalue weighted by Gasteiger charge is 2.12. The van der Waals surface area contributed by atoms with E-state index < -0.39 is 0 Å². The second-order valence-electron chi connectivity index (χ2n) is 5.69. The summed E-state index contributed by atoms with van der Waals surface area (Å²) in [6, 6.07) is 15.8. The summed E-state index contributed by atoms with van der Waals surface area (Å²) >= 11 is 0. The number of hydrogen-bond acceptors (Lipinski definition) is 3. The van der Waals surface area contributed by atoms with E-state index in [4.69, 9.17) is 10.00 Å². The van der Waals surface area contributed by atoms with Gasteiger partial charge in [0.2, 0.25) is 0 Å². The van der Waals surface area contributed by atoms with Crippen LogP contribution < -0.4 is 15.4 Å². The summed E-state index contributed by atoms with van der Waals surface area (Å²) in [7, 11) is 1.69. The van der Waals surface area contributed by atoms with Crippen LogP contribution >= 0.6 is 24.0 Å². The lowest BCUT2D eigenvalue weighted by molar-refractivity contribution is 0.191. The Labute approximate surface area is 176 Å². The fraction of sp³-hybridized carbons (Fsp3) is 0.300. The van der Waals surface area contributed by atoms with Gasteiger partial charge < -0.3 is 15.4 Å². The maximum atomic E-state index is 13.7. The van der Waals surface area contributed by atoms with E-state index in [2.05, 4.69) is 21.7 Å². The molecule has 2 aromatic carbocycles. The Balaban J connectivity index is 0.00000364. The van der Waals surface area contributed by atoms with Crippen molar-refractivity contribution in [1.82, 2.24) is 10.6 Å². The second-order valence-corrected chi connectivity index (χ2v) is 5.69. The molecule has 2 rings (SSSR count). The Hall–Kier alpha value is -2.34. The number of hydrogen-bond donors (Lipinski definition) is 2. The standard InChI is InChI=1S/C20H23FN4O.HI/c1-3-17(26-19-7-5-4-6-18(19)21)14-25-20(23-2)24-13-16-10-8-15(12-22)9-11-16;/h4-11,17H,3,13-14H2,1-2H3,(H2,23,24,25);1H. The Morgan fingerprint density at radius 3 is 2.48 bits per heavy atom. The Morgan fingerprint density at radius 1 is 1.19 bits per heavy atom. The van der Waals surface area contributed by atoms with Crippen molar-refractivity contribution in [2.75, 3.05) is 13.6 Å². The minimum atomic E-state index is -0.366. The van der Waals surface area contributed by atoms with Crippen LogP contribution in [0.15, 0.2) is 53.5 Å². The quantitative estimate of drug-likeness (QED) is 0.358. The van der Waals surface area contributed by atoms with Gasteiger partial charge in [0.25, 0.3) is 0 Å². The molecule has 0 aliphatic heterocycles. The fourth-order valence-corrected chi connectivity index (χ4v) is 2.30. The highest BCUT2D eigenvalue weighted by atomic mass is 127. The number of aliphatic imine (C=N–C) groups is 1. The molecule has 7 heteroatoms. The van der Waals surface area contributed by atoms with Crippen molar-refractivity contribution in [1.29, 1.82) is 5.26 Å². The first-order chi connectivity index (χ1) is 12.7. The molecule has 0 saturated carbocycles. The van der Waals surface area contributed by atoms with Crippen LogP contribution in [0.25, 0.3) is 0 Å².